The van der Waals surface area contributed by atoms with E-state index in [9.17, 15) is 9.59 Å². The van der Waals surface area contributed by atoms with Gasteiger partial charge in [0.2, 0.25) is 5.91 Å². The summed E-state index contributed by atoms with van der Waals surface area (Å²) in [6, 6.07) is 0. The van der Waals surface area contributed by atoms with Crippen molar-refractivity contribution in [2.24, 2.45) is 0 Å². The Hall–Kier alpha value is -1.08. The third kappa shape index (κ3) is 4.79. The van der Waals surface area contributed by atoms with Gasteiger partial charge in [-0.1, -0.05) is 0 Å². The minimum Gasteiger partial charge on any atom is -0.481 e. The van der Waals surface area contributed by atoms with E-state index in [1.165, 1.54) is 23.4 Å². The number of amides is 1. The number of aromatic nitrogens is 1. The number of hydrogen-bond donors (Lipinski definition) is 2. The van der Waals surface area contributed by atoms with Gasteiger partial charge >= 0.3 is 5.97 Å². The van der Waals surface area contributed by atoms with Crippen LogP contribution in [0.4, 0.5) is 0 Å². The van der Waals surface area contributed by atoms with Crippen molar-refractivity contribution >= 4 is 35.0 Å². The van der Waals surface area contributed by atoms with Crippen LogP contribution in [0.5, 0.6) is 0 Å². The van der Waals surface area contributed by atoms with Crippen molar-refractivity contribution in [2.45, 2.75) is 32.1 Å². The van der Waals surface area contributed by atoms with Gasteiger partial charge in [0.1, 0.15) is 0 Å². The summed E-state index contributed by atoms with van der Waals surface area (Å²) in [4.78, 5) is 27.8. The highest BCUT2D eigenvalue weighted by Crippen LogP contribution is 2.26. The second kappa shape index (κ2) is 7.64. The predicted octanol–water partition coefficient (Wildman–Crippen LogP) is 1.50. The second-order valence-corrected chi connectivity index (χ2v) is 6.82. The van der Waals surface area contributed by atoms with Crippen molar-refractivity contribution in [3.8, 4) is 0 Å². The van der Waals surface area contributed by atoms with Gasteiger partial charge in [-0.3, -0.25) is 9.59 Å². The summed E-state index contributed by atoms with van der Waals surface area (Å²) in [6.45, 7) is 0.568. The number of carboxylic acid groups (broad SMARTS) is 1. The number of carboxylic acids is 1. The molecule has 0 aromatic carbocycles. The molecule has 0 spiro atoms. The molecule has 1 aromatic rings. The van der Waals surface area contributed by atoms with Gasteiger partial charge in [0.05, 0.1) is 22.2 Å². The molecule has 5 nitrogen and oxygen atoms in total. The summed E-state index contributed by atoms with van der Waals surface area (Å²) < 4.78 is 0. The third-order valence-electron chi connectivity index (χ3n) is 3.01. The first-order chi connectivity index (χ1) is 9.65. The molecule has 0 saturated heterocycles. The molecule has 1 aliphatic rings. The first-order valence-electron chi connectivity index (χ1n) is 6.69. The van der Waals surface area contributed by atoms with E-state index in [0.29, 0.717) is 6.54 Å². The van der Waals surface area contributed by atoms with Crippen molar-refractivity contribution in [1.82, 2.24) is 10.3 Å². The molecule has 2 rings (SSSR count). The Kier molecular flexibility index (Phi) is 5.85. The molecular formula is C13H18N2O3S2. The van der Waals surface area contributed by atoms with E-state index in [4.69, 9.17) is 5.11 Å². The van der Waals surface area contributed by atoms with Crippen LogP contribution in [0.15, 0.2) is 0 Å². The van der Waals surface area contributed by atoms with Gasteiger partial charge in [0, 0.05) is 17.8 Å². The maximum atomic E-state index is 11.5. The average Bonchev–Trinajstić information content (AvgIpc) is 2.80. The van der Waals surface area contributed by atoms with E-state index in [-0.39, 0.29) is 17.4 Å². The molecule has 0 radical (unpaired) electrons. The Labute approximate surface area is 126 Å². The molecule has 0 aliphatic heterocycles. The molecule has 0 bridgehead atoms. The Morgan fingerprint density at radius 1 is 1.30 bits per heavy atom. The topological polar surface area (TPSA) is 79.3 Å². The number of carbonyl (C=O) groups is 2. The zero-order valence-corrected chi connectivity index (χ0v) is 12.8. The summed E-state index contributed by atoms with van der Waals surface area (Å²) in [5.74, 6) is -0.846. The van der Waals surface area contributed by atoms with E-state index in [2.05, 4.69) is 10.3 Å². The zero-order valence-electron chi connectivity index (χ0n) is 11.2. The molecule has 110 valence electrons. The van der Waals surface area contributed by atoms with E-state index in [1.807, 2.05) is 0 Å². The van der Waals surface area contributed by atoms with Crippen LogP contribution in [0, 0.1) is 0 Å². The lowest BCUT2D eigenvalue weighted by Gasteiger charge is -2.06. The van der Waals surface area contributed by atoms with Gasteiger partial charge in [-0.2, -0.15) is 0 Å². The molecule has 1 aromatic heterocycles. The highest BCUT2D eigenvalue weighted by Gasteiger charge is 2.14. The van der Waals surface area contributed by atoms with Crippen molar-refractivity contribution in [3.05, 3.63) is 15.6 Å². The highest BCUT2D eigenvalue weighted by atomic mass is 32.2. The number of hydrogen-bond acceptors (Lipinski definition) is 5. The quantitative estimate of drug-likeness (QED) is 0.797. The van der Waals surface area contributed by atoms with Gasteiger partial charge < -0.3 is 10.4 Å². The van der Waals surface area contributed by atoms with Crippen LogP contribution >= 0.6 is 23.1 Å². The lowest BCUT2D eigenvalue weighted by Crippen LogP contribution is -2.27. The molecule has 0 unspecified atom stereocenters. The summed E-state index contributed by atoms with van der Waals surface area (Å²) in [5.41, 5.74) is 1.25. The standard InChI is InChI=1S/C13H18N2O3S2/c16-11(7-19-8-13(17)18)14-6-5-12-15-9-3-1-2-4-10(9)20-12/h1-8H2,(H,14,16)(H,17,18). The number of aryl methyl sites for hydroxylation is 2. The number of thiazole rings is 1. The average molecular weight is 314 g/mol. The number of nitrogens with zero attached hydrogens (tertiary/aromatic N) is 1. The highest BCUT2D eigenvalue weighted by molar-refractivity contribution is 8.00. The van der Waals surface area contributed by atoms with Crippen molar-refractivity contribution in [1.29, 1.82) is 0 Å². The molecule has 2 N–H and O–H groups in total. The van der Waals surface area contributed by atoms with Crippen LogP contribution in [0.25, 0.3) is 0 Å². The molecule has 1 amide bonds. The summed E-state index contributed by atoms with van der Waals surface area (Å²) in [7, 11) is 0. The largest absolute Gasteiger partial charge is 0.481 e. The van der Waals surface area contributed by atoms with Gasteiger partial charge in [-0.15, -0.1) is 23.1 Å². The lowest BCUT2D eigenvalue weighted by atomic mass is 10.0. The van der Waals surface area contributed by atoms with E-state index >= 15 is 0 Å². The maximum Gasteiger partial charge on any atom is 0.313 e. The van der Waals surface area contributed by atoms with Gasteiger partial charge in [0.15, 0.2) is 0 Å². The van der Waals surface area contributed by atoms with Gasteiger partial charge in [0.25, 0.3) is 0 Å². The number of aliphatic carboxylic acids is 1. The van der Waals surface area contributed by atoms with E-state index in [0.717, 1.165) is 36.0 Å². The van der Waals surface area contributed by atoms with Crippen molar-refractivity contribution in [3.63, 3.8) is 0 Å². The van der Waals surface area contributed by atoms with Crippen molar-refractivity contribution in [2.75, 3.05) is 18.1 Å². The minimum atomic E-state index is -0.892. The van der Waals surface area contributed by atoms with E-state index in [1.54, 1.807) is 11.3 Å². The summed E-state index contributed by atoms with van der Waals surface area (Å²) in [6.07, 6.45) is 5.47. The van der Waals surface area contributed by atoms with Crippen LogP contribution in [0.1, 0.15) is 28.4 Å². The maximum absolute atomic E-state index is 11.5. The molecule has 0 atom stereocenters. The third-order valence-corrected chi connectivity index (χ3v) is 5.14. The SMILES string of the molecule is O=C(O)CSCC(=O)NCCc1nc2c(s1)CCCC2. The van der Waals surface area contributed by atoms with Crippen molar-refractivity contribution < 1.29 is 14.7 Å². The fourth-order valence-corrected chi connectivity index (χ4v) is 3.82. The Morgan fingerprint density at radius 2 is 2.10 bits per heavy atom. The smallest absolute Gasteiger partial charge is 0.313 e. The first kappa shape index (κ1) is 15.3. The van der Waals surface area contributed by atoms with Crippen LogP contribution < -0.4 is 5.32 Å². The molecular weight excluding hydrogens is 296 g/mol. The van der Waals surface area contributed by atoms with Crippen LogP contribution in [0.2, 0.25) is 0 Å². The summed E-state index contributed by atoms with van der Waals surface area (Å²) >= 11 is 2.88. The molecule has 7 heteroatoms. The zero-order chi connectivity index (χ0) is 14.4. The molecule has 0 fully saturated rings. The fourth-order valence-electron chi connectivity index (χ4n) is 2.10. The number of thioether (sulfide) groups is 1. The Morgan fingerprint density at radius 3 is 2.85 bits per heavy atom. The normalized spacial score (nSPS) is 13.8. The van der Waals surface area contributed by atoms with Gasteiger partial charge in [-0.25, -0.2) is 4.98 Å². The number of nitrogens with one attached hydrogen (secondary N) is 1. The summed E-state index contributed by atoms with van der Waals surface area (Å²) in [5, 5.41) is 12.4. The predicted molar refractivity (Wildman–Crippen MR) is 80.4 cm³/mol. The second-order valence-electron chi connectivity index (χ2n) is 4.67. The molecule has 1 heterocycles. The number of fused-ring (bicyclic) bond motifs is 1. The first-order valence-corrected chi connectivity index (χ1v) is 8.66. The molecule has 0 saturated carbocycles. The van der Waals surface area contributed by atoms with Crippen LogP contribution in [-0.2, 0) is 28.9 Å². The van der Waals surface area contributed by atoms with Gasteiger partial charge in [-0.05, 0) is 25.7 Å². The number of rotatable bonds is 7. The monoisotopic (exact) mass is 314 g/mol. The molecule has 1 aliphatic carbocycles. The minimum absolute atomic E-state index is 0.0351. The fraction of sp³-hybridized carbons (Fsp3) is 0.615. The number of carbonyl (C=O) groups excluding carboxylic acids is 1. The van der Waals surface area contributed by atoms with Crippen LogP contribution in [-0.4, -0.2) is 40.0 Å². The Bertz CT molecular complexity index is 464. The van der Waals surface area contributed by atoms with E-state index < -0.39 is 5.97 Å². The Balaban J connectivity index is 1.66. The molecule has 20 heavy (non-hydrogen) atoms. The van der Waals surface area contributed by atoms with Crippen LogP contribution in [0.3, 0.4) is 0 Å². The lowest BCUT2D eigenvalue weighted by molar-refractivity contribution is -0.133.